The van der Waals surface area contributed by atoms with Crippen LogP contribution in [0.1, 0.15) is 42.8 Å². The third-order valence-electron chi connectivity index (χ3n) is 3.39. The van der Waals surface area contributed by atoms with Crippen LogP contribution in [-0.2, 0) is 0 Å². The van der Waals surface area contributed by atoms with Gasteiger partial charge in [0, 0.05) is 22.5 Å². The molecule has 4 heteroatoms. The van der Waals surface area contributed by atoms with Crippen LogP contribution in [0.2, 0.25) is 4.34 Å². The Bertz CT molecular complexity index is 555. The number of hydrogen-bond donors (Lipinski definition) is 1. The Morgan fingerprint density at radius 1 is 1.25 bits per heavy atom. The van der Waals surface area contributed by atoms with Gasteiger partial charge in [0.2, 0.25) is 0 Å². The molecule has 2 atom stereocenters. The monoisotopic (exact) mass is 309 g/mol. The quantitative estimate of drug-likeness (QED) is 0.790. The Balaban J connectivity index is 2.16. The molecule has 2 unspecified atom stereocenters. The summed E-state index contributed by atoms with van der Waals surface area (Å²) in [5.41, 5.74) is 1.20. The maximum Gasteiger partial charge on any atom is 0.123 e. The summed E-state index contributed by atoms with van der Waals surface area (Å²) >= 11 is 7.64. The zero-order chi connectivity index (χ0) is 14.5. The Hall–Kier alpha value is -1.03. The van der Waals surface area contributed by atoms with E-state index in [1.54, 1.807) is 18.4 Å². The number of halogens is 1. The van der Waals surface area contributed by atoms with Crippen molar-refractivity contribution >= 4 is 22.9 Å². The highest BCUT2D eigenvalue weighted by atomic mass is 35.5. The molecule has 1 heterocycles. The van der Waals surface area contributed by atoms with Crippen LogP contribution in [0.5, 0.6) is 5.75 Å². The smallest absolute Gasteiger partial charge is 0.123 e. The average Bonchev–Trinajstić information content (AvgIpc) is 2.91. The molecule has 2 aromatic rings. The largest absolute Gasteiger partial charge is 0.496 e. The molecule has 1 N–H and O–H groups in total. The van der Waals surface area contributed by atoms with Gasteiger partial charge in [0.25, 0.3) is 0 Å². The number of para-hydroxylation sites is 1. The Morgan fingerprint density at radius 2 is 2.00 bits per heavy atom. The van der Waals surface area contributed by atoms with E-state index < -0.39 is 0 Å². The molecule has 0 aliphatic heterocycles. The summed E-state index contributed by atoms with van der Waals surface area (Å²) in [5.74, 6) is 0.934. The zero-order valence-electron chi connectivity index (χ0n) is 12.0. The van der Waals surface area contributed by atoms with Gasteiger partial charge in [-0.2, -0.15) is 0 Å². The second-order valence-electron chi connectivity index (χ2n) is 4.73. The van der Waals surface area contributed by atoms with Gasteiger partial charge in [-0.3, -0.25) is 0 Å². The first-order chi connectivity index (χ1) is 9.65. The normalized spacial score (nSPS) is 14.0. The van der Waals surface area contributed by atoms with Crippen molar-refractivity contribution < 1.29 is 4.74 Å². The summed E-state index contributed by atoms with van der Waals surface area (Å²) in [7, 11) is 1.72. The van der Waals surface area contributed by atoms with Crippen LogP contribution in [0.3, 0.4) is 0 Å². The number of benzene rings is 1. The van der Waals surface area contributed by atoms with Crippen molar-refractivity contribution in [2.24, 2.45) is 0 Å². The van der Waals surface area contributed by atoms with Crippen molar-refractivity contribution in [3.8, 4) is 5.75 Å². The maximum absolute atomic E-state index is 6.01. The molecule has 0 spiro atoms. The van der Waals surface area contributed by atoms with Crippen LogP contribution in [-0.4, -0.2) is 7.11 Å². The molecule has 108 valence electrons. The first-order valence-corrected chi connectivity index (χ1v) is 7.99. The maximum atomic E-state index is 6.01. The van der Waals surface area contributed by atoms with E-state index in [1.807, 2.05) is 18.2 Å². The van der Waals surface area contributed by atoms with Gasteiger partial charge in [-0.15, -0.1) is 11.3 Å². The summed E-state index contributed by atoms with van der Waals surface area (Å²) in [6.07, 6.45) is 1.00. The number of nitrogens with one attached hydrogen (secondary N) is 1. The van der Waals surface area contributed by atoms with E-state index in [0.29, 0.717) is 0 Å². The van der Waals surface area contributed by atoms with E-state index in [2.05, 4.69) is 37.4 Å². The number of methoxy groups -OCH3 is 1. The summed E-state index contributed by atoms with van der Waals surface area (Å²) < 4.78 is 6.29. The predicted molar refractivity (Wildman–Crippen MR) is 86.9 cm³/mol. The van der Waals surface area contributed by atoms with Crippen molar-refractivity contribution in [3.63, 3.8) is 0 Å². The molecular formula is C16H20ClNOS. The Kier molecular flexibility index (Phi) is 5.46. The lowest BCUT2D eigenvalue weighted by Crippen LogP contribution is -2.24. The number of thiophene rings is 1. The van der Waals surface area contributed by atoms with Gasteiger partial charge in [-0.05, 0) is 31.5 Å². The predicted octanol–water partition coefficient (Wildman–Crippen LogP) is 5.21. The molecule has 1 aromatic carbocycles. The highest BCUT2D eigenvalue weighted by Crippen LogP contribution is 2.32. The second-order valence-corrected chi connectivity index (χ2v) is 6.48. The van der Waals surface area contributed by atoms with Crippen LogP contribution in [0.15, 0.2) is 36.4 Å². The molecular weight excluding hydrogens is 290 g/mol. The van der Waals surface area contributed by atoms with Crippen LogP contribution < -0.4 is 10.1 Å². The second kappa shape index (κ2) is 7.11. The minimum Gasteiger partial charge on any atom is -0.496 e. The molecule has 0 fully saturated rings. The molecule has 0 saturated carbocycles. The minimum absolute atomic E-state index is 0.266. The van der Waals surface area contributed by atoms with Gasteiger partial charge < -0.3 is 10.1 Å². The van der Waals surface area contributed by atoms with Gasteiger partial charge in [-0.1, -0.05) is 36.7 Å². The van der Waals surface area contributed by atoms with Gasteiger partial charge in [0.1, 0.15) is 5.75 Å². The van der Waals surface area contributed by atoms with Crippen molar-refractivity contribution in [3.05, 3.63) is 51.2 Å². The van der Waals surface area contributed by atoms with Crippen molar-refractivity contribution in [1.82, 2.24) is 5.32 Å². The van der Waals surface area contributed by atoms with Crippen molar-refractivity contribution in [1.29, 1.82) is 0 Å². The topological polar surface area (TPSA) is 21.3 Å². The first kappa shape index (κ1) is 15.4. The van der Waals surface area contributed by atoms with E-state index in [-0.39, 0.29) is 12.1 Å². The lowest BCUT2D eigenvalue weighted by atomic mass is 10.0. The van der Waals surface area contributed by atoms with Gasteiger partial charge in [-0.25, -0.2) is 0 Å². The van der Waals surface area contributed by atoms with Gasteiger partial charge in [0.05, 0.1) is 11.4 Å². The highest BCUT2D eigenvalue weighted by molar-refractivity contribution is 7.16. The van der Waals surface area contributed by atoms with E-state index in [0.717, 1.165) is 16.5 Å². The third-order valence-corrected chi connectivity index (χ3v) is 4.81. The molecule has 0 saturated heterocycles. The number of ether oxygens (including phenoxy) is 1. The summed E-state index contributed by atoms with van der Waals surface area (Å²) in [6.45, 7) is 4.35. The average molecular weight is 310 g/mol. The lowest BCUT2D eigenvalue weighted by Gasteiger charge is -2.23. The van der Waals surface area contributed by atoms with Crippen molar-refractivity contribution in [2.45, 2.75) is 32.4 Å². The molecule has 20 heavy (non-hydrogen) atoms. The van der Waals surface area contributed by atoms with Crippen molar-refractivity contribution in [2.75, 3.05) is 7.11 Å². The minimum atomic E-state index is 0.266. The molecule has 0 aliphatic carbocycles. The molecule has 0 aliphatic rings. The highest BCUT2D eigenvalue weighted by Gasteiger charge is 2.17. The molecule has 0 amide bonds. The number of rotatable bonds is 6. The SMILES string of the molecule is CCC(NC(C)c1ccc(Cl)s1)c1ccccc1OC. The molecule has 1 aromatic heterocycles. The fourth-order valence-corrected chi connectivity index (χ4v) is 3.40. The Morgan fingerprint density at radius 3 is 2.60 bits per heavy atom. The summed E-state index contributed by atoms with van der Waals surface area (Å²) in [4.78, 5) is 1.25. The van der Waals surface area contributed by atoms with E-state index in [4.69, 9.17) is 16.3 Å². The van der Waals surface area contributed by atoms with Crippen LogP contribution in [0.4, 0.5) is 0 Å². The van der Waals surface area contributed by atoms with Gasteiger partial charge in [0.15, 0.2) is 0 Å². The first-order valence-electron chi connectivity index (χ1n) is 6.80. The lowest BCUT2D eigenvalue weighted by molar-refractivity contribution is 0.389. The molecule has 0 radical (unpaired) electrons. The van der Waals surface area contributed by atoms with Crippen LogP contribution in [0, 0.1) is 0 Å². The standard InChI is InChI=1S/C16H20ClNOS/c1-4-13(12-7-5-6-8-14(12)19-3)18-11(2)15-9-10-16(17)20-15/h5-11,13,18H,4H2,1-3H3. The fraction of sp³-hybridized carbons (Fsp3) is 0.375. The molecule has 0 bridgehead atoms. The fourth-order valence-electron chi connectivity index (χ4n) is 2.33. The van der Waals surface area contributed by atoms with E-state index >= 15 is 0 Å². The van der Waals surface area contributed by atoms with E-state index in [1.165, 1.54) is 10.4 Å². The van der Waals surface area contributed by atoms with Crippen LogP contribution >= 0.6 is 22.9 Å². The number of hydrogen-bond acceptors (Lipinski definition) is 3. The Labute approximate surface area is 129 Å². The molecule has 2 rings (SSSR count). The summed E-state index contributed by atoms with van der Waals surface area (Å²) in [5, 5.41) is 3.66. The van der Waals surface area contributed by atoms with Gasteiger partial charge >= 0.3 is 0 Å². The van der Waals surface area contributed by atoms with Crippen LogP contribution in [0.25, 0.3) is 0 Å². The zero-order valence-corrected chi connectivity index (χ0v) is 13.6. The third kappa shape index (κ3) is 3.54. The molecule has 2 nitrogen and oxygen atoms in total. The van der Waals surface area contributed by atoms with E-state index in [9.17, 15) is 0 Å². The summed E-state index contributed by atoms with van der Waals surface area (Å²) in [6, 6.07) is 12.7.